The second kappa shape index (κ2) is 9.27. The molecule has 0 bridgehead atoms. The van der Waals surface area contributed by atoms with Crippen LogP contribution in [0.25, 0.3) is 0 Å². The number of hydrogen-bond donors (Lipinski definition) is 3. The Balaban J connectivity index is 2.04. The number of aliphatic carboxylic acids is 1. The van der Waals surface area contributed by atoms with Crippen LogP contribution in [0.4, 0.5) is 4.39 Å². The Hall–Kier alpha value is -2.74. The summed E-state index contributed by atoms with van der Waals surface area (Å²) in [6.07, 6.45) is 0. The van der Waals surface area contributed by atoms with Gasteiger partial charge in [0.2, 0.25) is 5.91 Å². The summed E-state index contributed by atoms with van der Waals surface area (Å²) in [5, 5.41) is 16.4. The van der Waals surface area contributed by atoms with Crippen LogP contribution in [0.1, 0.15) is 35.0 Å². The number of hydrogen-bond acceptors (Lipinski definition) is 4. The summed E-state index contributed by atoms with van der Waals surface area (Å²) < 4.78 is 13.0. The number of halogens is 1. The molecular formula is C19H21FN2O4S. The van der Waals surface area contributed by atoms with Gasteiger partial charge in [0.1, 0.15) is 11.9 Å². The van der Waals surface area contributed by atoms with Crippen molar-refractivity contribution in [2.75, 3.05) is 6.54 Å². The van der Waals surface area contributed by atoms with Gasteiger partial charge in [-0.1, -0.05) is 32.0 Å². The second-order valence-electron chi connectivity index (χ2n) is 6.36. The van der Waals surface area contributed by atoms with Crippen LogP contribution in [0.15, 0.2) is 41.8 Å². The topological polar surface area (TPSA) is 95.5 Å². The lowest BCUT2D eigenvalue weighted by Gasteiger charge is -2.22. The lowest BCUT2D eigenvalue weighted by Crippen LogP contribution is -2.50. The Bertz CT molecular complexity index is 791. The number of carboxylic acids is 1. The van der Waals surface area contributed by atoms with Gasteiger partial charge in [0.15, 0.2) is 0 Å². The lowest BCUT2D eigenvalue weighted by molar-refractivity contribution is -0.138. The Kier molecular flexibility index (Phi) is 7.06. The zero-order valence-corrected chi connectivity index (χ0v) is 15.8. The number of carboxylic acid groups (broad SMARTS) is 1. The van der Waals surface area contributed by atoms with Crippen LogP contribution < -0.4 is 10.6 Å². The van der Waals surface area contributed by atoms with Crippen LogP contribution in [0, 0.1) is 11.7 Å². The molecule has 1 heterocycles. The molecule has 0 aliphatic rings. The molecule has 0 aliphatic carbocycles. The largest absolute Gasteiger partial charge is 0.481 e. The molecule has 2 aromatic rings. The van der Waals surface area contributed by atoms with Gasteiger partial charge >= 0.3 is 5.97 Å². The average Bonchev–Trinajstić information content (AvgIpc) is 3.15. The van der Waals surface area contributed by atoms with Crippen molar-refractivity contribution in [1.29, 1.82) is 0 Å². The lowest BCUT2D eigenvalue weighted by atomic mass is 9.98. The first-order chi connectivity index (χ1) is 12.8. The van der Waals surface area contributed by atoms with Crippen molar-refractivity contribution in [3.63, 3.8) is 0 Å². The molecule has 0 saturated carbocycles. The van der Waals surface area contributed by atoms with Gasteiger partial charge in [0, 0.05) is 6.54 Å². The van der Waals surface area contributed by atoms with Crippen molar-refractivity contribution in [2.24, 2.45) is 5.92 Å². The molecule has 2 rings (SSSR count). The molecule has 2 atom stereocenters. The smallest absolute Gasteiger partial charge is 0.312 e. The molecule has 3 N–H and O–H groups in total. The van der Waals surface area contributed by atoms with Gasteiger partial charge in [-0.15, -0.1) is 11.3 Å². The van der Waals surface area contributed by atoms with Crippen LogP contribution in [-0.4, -0.2) is 35.5 Å². The number of thiophene rings is 1. The van der Waals surface area contributed by atoms with Gasteiger partial charge in [-0.2, -0.15) is 0 Å². The molecule has 0 saturated heterocycles. The minimum Gasteiger partial charge on any atom is -0.481 e. The first-order valence-corrected chi connectivity index (χ1v) is 9.28. The molecule has 8 heteroatoms. The van der Waals surface area contributed by atoms with E-state index in [1.54, 1.807) is 31.4 Å². The summed E-state index contributed by atoms with van der Waals surface area (Å²) in [6.45, 7) is 3.40. The van der Waals surface area contributed by atoms with E-state index in [2.05, 4.69) is 10.6 Å². The van der Waals surface area contributed by atoms with Crippen molar-refractivity contribution in [2.45, 2.75) is 25.8 Å². The zero-order chi connectivity index (χ0) is 20.0. The van der Waals surface area contributed by atoms with Crippen LogP contribution in [0.5, 0.6) is 0 Å². The van der Waals surface area contributed by atoms with Crippen LogP contribution in [0.3, 0.4) is 0 Å². The van der Waals surface area contributed by atoms with Crippen molar-refractivity contribution in [3.05, 3.63) is 58.0 Å². The molecule has 2 unspecified atom stereocenters. The first-order valence-electron chi connectivity index (χ1n) is 8.40. The Morgan fingerprint density at radius 2 is 1.81 bits per heavy atom. The van der Waals surface area contributed by atoms with E-state index in [4.69, 9.17) is 0 Å². The molecule has 1 aromatic heterocycles. The van der Waals surface area contributed by atoms with E-state index in [9.17, 15) is 23.9 Å². The molecule has 0 spiro atoms. The van der Waals surface area contributed by atoms with Gasteiger partial charge in [-0.05, 0) is 35.1 Å². The summed E-state index contributed by atoms with van der Waals surface area (Å²) in [7, 11) is 0. The van der Waals surface area contributed by atoms with Gasteiger partial charge in [-0.3, -0.25) is 14.4 Å². The molecule has 0 fully saturated rings. The number of rotatable bonds is 8. The van der Waals surface area contributed by atoms with E-state index in [1.165, 1.54) is 35.6 Å². The Labute approximate surface area is 160 Å². The van der Waals surface area contributed by atoms with E-state index >= 15 is 0 Å². The summed E-state index contributed by atoms with van der Waals surface area (Å²) in [5.41, 5.74) is 0.382. The first kappa shape index (κ1) is 20.6. The van der Waals surface area contributed by atoms with Gasteiger partial charge in [0.05, 0.1) is 10.8 Å². The normalized spacial score (nSPS) is 13.0. The fourth-order valence-corrected chi connectivity index (χ4v) is 3.14. The summed E-state index contributed by atoms with van der Waals surface area (Å²) >= 11 is 1.26. The number of benzene rings is 1. The number of amides is 2. The van der Waals surface area contributed by atoms with E-state index in [0.29, 0.717) is 10.4 Å². The maximum atomic E-state index is 13.0. The summed E-state index contributed by atoms with van der Waals surface area (Å²) in [6, 6.07) is 7.69. The minimum atomic E-state index is -1.13. The fourth-order valence-electron chi connectivity index (χ4n) is 2.51. The number of nitrogens with one attached hydrogen (secondary N) is 2. The molecular weight excluding hydrogens is 371 g/mol. The van der Waals surface area contributed by atoms with Crippen molar-refractivity contribution in [1.82, 2.24) is 10.6 Å². The quantitative estimate of drug-likeness (QED) is 0.644. The highest BCUT2D eigenvalue weighted by Gasteiger charge is 2.27. The van der Waals surface area contributed by atoms with Gasteiger partial charge in [-0.25, -0.2) is 4.39 Å². The Morgan fingerprint density at radius 1 is 1.15 bits per heavy atom. The second-order valence-corrected chi connectivity index (χ2v) is 7.31. The van der Waals surface area contributed by atoms with Gasteiger partial charge < -0.3 is 15.7 Å². The van der Waals surface area contributed by atoms with Crippen molar-refractivity contribution < 1.29 is 23.9 Å². The predicted molar refractivity (Wildman–Crippen MR) is 100 cm³/mol. The molecule has 2 amide bonds. The van der Waals surface area contributed by atoms with Crippen LogP contribution in [-0.2, 0) is 9.59 Å². The third kappa shape index (κ3) is 5.62. The monoisotopic (exact) mass is 392 g/mol. The third-order valence-electron chi connectivity index (χ3n) is 4.03. The van der Waals surface area contributed by atoms with E-state index < -0.39 is 29.7 Å². The minimum absolute atomic E-state index is 0.169. The molecule has 6 nitrogen and oxygen atoms in total. The maximum Gasteiger partial charge on any atom is 0.312 e. The standard InChI is InChI=1S/C19H21FN2O4S/c1-11(2)16(22-17(23)15-4-3-9-27-15)18(24)21-10-14(19(25)26)12-5-7-13(20)8-6-12/h3-9,11,14,16H,10H2,1-2H3,(H,21,24)(H,22,23)(H,25,26). The third-order valence-corrected chi connectivity index (χ3v) is 4.90. The molecule has 144 valence electrons. The van der Waals surface area contributed by atoms with E-state index in [1.807, 2.05) is 0 Å². The number of carbonyl (C=O) groups is 3. The molecule has 1 aromatic carbocycles. The SMILES string of the molecule is CC(C)C(NC(=O)c1cccs1)C(=O)NCC(C(=O)O)c1ccc(F)cc1. The number of carbonyl (C=O) groups excluding carboxylic acids is 2. The van der Waals surface area contributed by atoms with Crippen molar-refractivity contribution in [3.8, 4) is 0 Å². The average molecular weight is 392 g/mol. The molecule has 27 heavy (non-hydrogen) atoms. The summed E-state index contributed by atoms with van der Waals surface area (Å²) in [4.78, 5) is 36.8. The Morgan fingerprint density at radius 3 is 2.33 bits per heavy atom. The zero-order valence-electron chi connectivity index (χ0n) is 14.9. The van der Waals surface area contributed by atoms with Gasteiger partial charge in [0.25, 0.3) is 5.91 Å². The van der Waals surface area contributed by atoms with Crippen LogP contribution >= 0.6 is 11.3 Å². The predicted octanol–water partition coefficient (Wildman–Crippen LogP) is 2.63. The van der Waals surface area contributed by atoms with E-state index in [-0.39, 0.29) is 18.4 Å². The summed E-state index contributed by atoms with van der Waals surface area (Å²) in [5.74, 6) is -3.64. The van der Waals surface area contributed by atoms with Crippen LogP contribution in [0.2, 0.25) is 0 Å². The van der Waals surface area contributed by atoms with E-state index in [0.717, 1.165) is 0 Å². The molecule has 0 radical (unpaired) electrons. The maximum absolute atomic E-state index is 13.0. The highest BCUT2D eigenvalue weighted by atomic mass is 32.1. The fraction of sp³-hybridized carbons (Fsp3) is 0.316. The van der Waals surface area contributed by atoms with Crippen molar-refractivity contribution >= 4 is 29.1 Å². The highest BCUT2D eigenvalue weighted by molar-refractivity contribution is 7.12. The highest BCUT2D eigenvalue weighted by Crippen LogP contribution is 2.16. The molecule has 0 aliphatic heterocycles.